The lowest BCUT2D eigenvalue weighted by Crippen LogP contribution is -3.00. The molecule has 28 heavy (non-hydrogen) atoms. The number of nitrogens with one attached hydrogen (secondary N) is 1. The van der Waals surface area contributed by atoms with Crippen LogP contribution < -0.4 is 31.8 Å². The van der Waals surface area contributed by atoms with Crippen molar-refractivity contribution in [3.05, 3.63) is 48.0 Å². The molecule has 1 heterocycles. The minimum Gasteiger partial charge on any atom is -1.00 e. The van der Waals surface area contributed by atoms with Gasteiger partial charge in [0.05, 0.1) is 24.5 Å². The van der Waals surface area contributed by atoms with E-state index < -0.39 is 0 Å². The van der Waals surface area contributed by atoms with E-state index in [9.17, 15) is 4.79 Å². The largest absolute Gasteiger partial charge is 1.00 e. The molecule has 0 spiro atoms. The van der Waals surface area contributed by atoms with Crippen LogP contribution >= 0.6 is 11.3 Å². The summed E-state index contributed by atoms with van der Waals surface area (Å²) in [4.78, 5) is 17.0. The number of ether oxygens (including phenoxy) is 2. The van der Waals surface area contributed by atoms with Crippen LogP contribution in [0.1, 0.15) is 37.0 Å². The molecule has 0 saturated heterocycles. The van der Waals surface area contributed by atoms with Crippen LogP contribution in [0.15, 0.2) is 42.5 Å². The molecule has 0 radical (unpaired) electrons. The number of carbonyl (C=O) groups excluding carboxylic acids is 1. The van der Waals surface area contributed by atoms with Gasteiger partial charge in [0.15, 0.2) is 10.9 Å². The fraction of sp³-hybridized carbons (Fsp3) is 0.333. The molecule has 0 saturated carbocycles. The third-order valence-electron chi connectivity index (χ3n) is 4.02. The summed E-state index contributed by atoms with van der Waals surface area (Å²) in [6.07, 6.45) is 2.12. The lowest BCUT2D eigenvalue weighted by atomic mass is 10.1. The predicted molar refractivity (Wildman–Crippen MR) is 110 cm³/mol. The van der Waals surface area contributed by atoms with Gasteiger partial charge in [-0.3, -0.25) is 4.79 Å². The molecule has 0 fully saturated rings. The molecular weight excluding hydrogens is 440 g/mol. The van der Waals surface area contributed by atoms with Crippen LogP contribution in [-0.2, 0) is 0 Å². The first-order valence-corrected chi connectivity index (χ1v) is 10.0. The van der Waals surface area contributed by atoms with Crippen molar-refractivity contribution < 1.29 is 31.2 Å². The SMILES string of the molecule is CCCCOc1ccc(C(=O)CNc2nc3c(OCC)cccc3s2)cc1.[Br-]. The second-order valence-corrected chi connectivity index (χ2v) is 7.09. The van der Waals surface area contributed by atoms with E-state index >= 15 is 0 Å². The number of thiazole rings is 1. The Morgan fingerprint density at radius 3 is 2.61 bits per heavy atom. The lowest BCUT2D eigenvalue weighted by molar-refractivity contribution is -0.0000141. The van der Waals surface area contributed by atoms with E-state index in [1.54, 1.807) is 12.1 Å². The topological polar surface area (TPSA) is 60.5 Å². The molecule has 1 N–H and O–H groups in total. The Morgan fingerprint density at radius 2 is 1.89 bits per heavy atom. The molecule has 2 aromatic carbocycles. The number of anilines is 1. The molecule has 1 aromatic heterocycles. The Labute approximate surface area is 179 Å². The smallest absolute Gasteiger partial charge is 0.184 e. The van der Waals surface area contributed by atoms with Crippen LogP contribution in [0.25, 0.3) is 10.2 Å². The molecule has 0 bridgehead atoms. The maximum atomic E-state index is 12.4. The van der Waals surface area contributed by atoms with Crippen LogP contribution in [0.5, 0.6) is 11.5 Å². The van der Waals surface area contributed by atoms with E-state index in [4.69, 9.17) is 9.47 Å². The zero-order chi connectivity index (χ0) is 19.1. The van der Waals surface area contributed by atoms with Crippen molar-refractivity contribution in [2.45, 2.75) is 26.7 Å². The predicted octanol–water partition coefficient (Wildman–Crippen LogP) is 2.17. The van der Waals surface area contributed by atoms with Gasteiger partial charge in [-0.1, -0.05) is 30.7 Å². The molecular formula is C21H24BrN2O3S-. The van der Waals surface area contributed by atoms with E-state index in [2.05, 4.69) is 17.2 Å². The van der Waals surface area contributed by atoms with Crippen LogP contribution in [0.4, 0.5) is 5.13 Å². The number of unbranched alkanes of at least 4 members (excludes halogenated alkanes) is 1. The van der Waals surface area contributed by atoms with Crippen LogP contribution in [0.2, 0.25) is 0 Å². The molecule has 0 aliphatic rings. The fourth-order valence-electron chi connectivity index (χ4n) is 2.60. The Kier molecular flexibility index (Phi) is 8.73. The third-order valence-corrected chi connectivity index (χ3v) is 5.00. The van der Waals surface area contributed by atoms with E-state index in [0.717, 1.165) is 34.6 Å². The quantitative estimate of drug-likeness (QED) is 0.368. The van der Waals surface area contributed by atoms with Gasteiger partial charge in [0.25, 0.3) is 0 Å². The van der Waals surface area contributed by atoms with Gasteiger partial charge in [-0.15, -0.1) is 0 Å². The molecule has 0 aliphatic carbocycles. The summed E-state index contributed by atoms with van der Waals surface area (Å²) in [5.74, 6) is 1.58. The van der Waals surface area contributed by atoms with Crippen molar-refractivity contribution in [1.29, 1.82) is 0 Å². The number of para-hydroxylation sites is 1. The van der Waals surface area contributed by atoms with Gasteiger partial charge < -0.3 is 31.8 Å². The maximum Gasteiger partial charge on any atom is 0.184 e. The van der Waals surface area contributed by atoms with Gasteiger partial charge in [-0.05, 0) is 49.7 Å². The summed E-state index contributed by atoms with van der Waals surface area (Å²) in [6, 6.07) is 13.1. The van der Waals surface area contributed by atoms with Crippen molar-refractivity contribution in [2.75, 3.05) is 25.1 Å². The highest BCUT2D eigenvalue weighted by Crippen LogP contribution is 2.32. The minimum absolute atomic E-state index is 0. The van der Waals surface area contributed by atoms with Crippen molar-refractivity contribution in [2.24, 2.45) is 0 Å². The van der Waals surface area contributed by atoms with Gasteiger partial charge in [0, 0.05) is 5.56 Å². The molecule has 3 rings (SSSR count). The third kappa shape index (κ3) is 5.69. The number of nitrogens with zero attached hydrogens (tertiary/aromatic N) is 1. The van der Waals surface area contributed by atoms with Crippen molar-refractivity contribution in [3.63, 3.8) is 0 Å². The normalized spacial score (nSPS) is 10.4. The first-order valence-electron chi connectivity index (χ1n) is 9.23. The number of Topliss-reactive ketones (excluding diaryl/α,β-unsaturated/α-hetero) is 1. The second-order valence-electron chi connectivity index (χ2n) is 6.06. The highest BCUT2D eigenvalue weighted by molar-refractivity contribution is 7.22. The van der Waals surface area contributed by atoms with Gasteiger partial charge in [0.1, 0.15) is 17.0 Å². The van der Waals surface area contributed by atoms with Crippen LogP contribution in [-0.4, -0.2) is 30.5 Å². The monoisotopic (exact) mass is 463 g/mol. The number of carbonyl (C=O) groups is 1. The number of fused-ring (bicyclic) bond motifs is 1. The summed E-state index contributed by atoms with van der Waals surface area (Å²) in [5, 5.41) is 3.84. The lowest BCUT2D eigenvalue weighted by Gasteiger charge is -2.06. The summed E-state index contributed by atoms with van der Waals surface area (Å²) < 4.78 is 12.3. The van der Waals surface area contributed by atoms with Gasteiger partial charge in [-0.25, -0.2) is 4.98 Å². The van der Waals surface area contributed by atoms with Crippen molar-refractivity contribution >= 4 is 32.5 Å². The Balaban J connectivity index is 0.00000280. The number of benzene rings is 2. The molecule has 3 aromatic rings. The van der Waals surface area contributed by atoms with E-state index in [1.165, 1.54) is 11.3 Å². The Bertz CT molecular complexity index is 896. The Morgan fingerprint density at radius 1 is 1.11 bits per heavy atom. The first kappa shape index (κ1) is 22.2. The molecule has 0 aliphatic heterocycles. The second kappa shape index (κ2) is 11.0. The fourth-order valence-corrected chi connectivity index (χ4v) is 3.48. The van der Waals surface area contributed by atoms with Gasteiger partial charge >= 0.3 is 0 Å². The zero-order valence-corrected chi connectivity index (χ0v) is 18.4. The molecule has 0 atom stereocenters. The highest BCUT2D eigenvalue weighted by atomic mass is 79.9. The minimum atomic E-state index is 0. The summed E-state index contributed by atoms with van der Waals surface area (Å²) in [5.41, 5.74) is 1.48. The number of halogens is 1. The van der Waals surface area contributed by atoms with Crippen LogP contribution in [0.3, 0.4) is 0 Å². The number of ketones is 1. The van der Waals surface area contributed by atoms with Crippen molar-refractivity contribution in [3.8, 4) is 11.5 Å². The first-order chi connectivity index (χ1) is 13.2. The van der Waals surface area contributed by atoms with Crippen LogP contribution in [0, 0.1) is 0 Å². The van der Waals surface area contributed by atoms with E-state index in [1.807, 2.05) is 37.3 Å². The van der Waals surface area contributed by atoms with Gasteiger partial charge in [0.2, 0.25) is 0 Å². The zero-order valence-electron chi connectivity index (χ0n) is 16.0. The molecule has 0 amide bonds. The molecule has 150 valence electrons. The van der Waals surface area contributed by atoms with Crippen molar-refractivity contribution in [1.82, 2.24) is 4.98 Å². The Hall–Kier alpha value is -2.12. The summed E-state index contributed by atoms with van der Waals surface area (Å²) >= 11 is 1.51. The molecule has 7 heteroatoms. The van der Waals surface area contributed by atoms with E-state index in [-0.39, 0.29) is 29.3 Å². The number of hydrogen-bond acceptors (Lipinski definition) is 6. The van der Waals surface area contributed by atoms with E-state index in [0.29, 0.717) is 23.9 Å². The average molecular weight is 464 g/mol. The summed E-state index contributed by atoms with van der Waals surface area (Å²) in [6.45, 7) is 5.56. The molecule has 0 unspecified atom stereocenters. The number of hydrogen-bond donors (Lipinski definition) is 1. The molecule has 5 nitrogen and oxygen atoms in total. The number of rotatable bonds is 10. The average Bonchev–Trinajstić information content (AvgIpc) is 3.11. The number of aromatic nitrogens is 1. The maximum absolute atomic E-state index is 12.4. The van der Waals surface area contributed by atoms with Gasteiger partial charge in [-0.2, -0.15) is 0 Å². The summed E-state index contributed by atoms with van der Waals surface area (Å²) in [7, 11) is 0. The standard InChI is InChI=1S/C21H24N2O3S.BrH/c1-3-5-13-26-16-11-9-15(10-12-16)17(24)14-22-21-23-20-18(25-4-2)7-6-8-19(20)27-21;/h6-12H,3-5,13-14H2,1-2H3,(H,22,23);1H/p-1. The highest BCUT2D eigenvalue weighted by Gasteiger charge is 2.11.